The van der Waals surface area contributed by atoms with Crippen LogP contribution in [-0.4, -0.2) is 56.5 Å². The minimum Gasteiger partial charge on any atom is -0.479 e. The van der Waals surface area contributed by atoms with Crippen molar-refractivity contribution in [2.75, 3.05) is 11.5 Å². The van der Waals surface area contributed by atoms with Gasteiger partial charge < -0.3 is 32.3 Å². The van der Waals surface area contributed by atoms with Gasteiger partial charge in [-0.1, -0.05) is 82.3 Å². The molecule has 0 aliphatic rings. The molecule has 2 rings (SSSR count). The Morgan fingerprint density at radius 2 is 1.00 bits per heavy atom. The predicted molar refractivity (Wildman–Crippen MR) is 131 cm³/mol. The first-order valence-electron chi connectivity index (χ1n) is 10.0. The Bertz CT molecular complexity index is 929. The van der Waals surface area contributed by atoms with Gasteiger partial charge in [0.2, 0.25) is 11.1 Å². The van der Waals surface area contributed by atoms with Gasteiger partial charge in [0.1, 0.15) is 0 Å². The second-order valence-corrected chi connectivity index (χ2v) is 9.88. The summed E-state index contributed by atoms with van der Waals surface area (Å²) in [6, 6.07) is 17.8. The summed E-state index contributed by atoms with van der Waals surface area (Å²) in [6.07, 6.45) is 0. The molecule has 10 nitrogen and oxygen atoms in total. The van der Waals surface area contributed by atoms with Crippen LogP contribution in [0, 0.1) is 0 Å². The summed E-state index contributed by atoms with van der Waals surface area (Å²) in [6.45, 7) is 0.187. The van der Waals surface area contributed by atoms with Crippen molar-refractivity contribution in [1.29, 1.82) is 0 Å². The third-order valence-electron chi connectivity index (χ3n) is 4.82. The molecule has 2 atom stereocenters. The molecule has 2 aromatic rings. The number of carboxylic acids is 2. The van der Waals surface area contributed by atoms with Gasteiger partial charge in [-0.15, -0.1) is 0 Å². The number of nitrogens with one attached hydrogen (secondary N) is 2. The first kappa shape index (κ1) is 27.2. The molecule has 12 heteroatoms. The highest BCUT2D eigenvalue weighted by molar-refractivity contribution is 8.76. The Kier molecular flexibility index (Phi) is 9.93. The Morgan fingerprint density at radius 1 is 0.676 bits per heavy atom. The fourth-order valence-corrected chi connectivity index (χ4v) is 5.25. The smallest absolute Gasteiger partial charge is 0.334 e. The lowest BCUT2D eigenvalue weighted by Crippen LogP contribution is -2.62. The van der Waals surface area contributed by atoms with Crippen LogP contribution in [0.5, 0.6) is 0 Å². The van der Waals surface area contributed by atoms with Crippen LogP contribution in [0.25, 0.3) is 0 Å². The van der Waals surface area contributed by atoms with Crippen molar-refractivity contribution in [2.24, 2.45) is 11.5 Å². The maximum absolute atomic E-state index is 12.5. The van der Waals surface area contributed by atoms with Gasteiger partial charge in [0.05, 0.1) is 0 Å². The van der Waals surface area contributed by atoms with Crippen molar-refractivity contribution in [1.82, 2.24) is 10.6 Å². The van der Waals surface area contributed by atoms with Gasteiger partial charge in [0.15, 0.2) is 0 Å². The molecule has 0 heterocycles. The summed E-state index contributed by atoms with van der Waals surface area (Å²) in [4.78, 5) is 48.4. The lowest BCUT2D eigenvalue weighted by Gasteiger charge is -2.25. The Labute approximate surface area is 204 Å². The average Bonchev–Trinajstić information content (AvgIpc) is 2.84. The average molecular weight is 507 g/mol. The first-order valence-corrected chi connectivity index (χ1v) is 12.5. The van der Waals surface area contributed by atoms with Gasteiger partial charge in [-0.05, 0) is 11.1 Å². The highest BCUT2D eigenvalue weighted by Gasteiger charge is 2.45. The van der Waals surface area contributed by atoms with E-state index in [-0.39, 0.29) is 24.6 Å². The topological polar surface area (TPSA) is 185 Å². The standard InChI is InChI=1S/C22H26N4O6S2/c23-21(19(29)30,17(27)25-11-15-7-3-1-4-8-15)13-33-34-14-22(24,20(31)32)18(28)26-12-16-9-5-2-6-10-16/h1-10H,11-14,23-24H2,(H,25,27)(H,26,28)(H,29,30)(H,31,32)/t21-,22-/m1/s1. The number of amides is 2. The number of nitrogens with two attached hydrogens (primary N) is 2. The van der Waals surface area contributed by atoms with E-state index in [2.05, 4.69) is 10.6 Å². The lowest BCUT2D eigenvalue weighted by molar-refractivity contribution is -0.149. The molecule has 0 bridgehead atoms. The summed E-state index contributed by atoms with van der Waals surface area (Å²) in [5.74, 6) is -5.62. The van der Waals surface area contributed by atoms with Crippen LogP contribution in [-0.2, 0) is 32.3 Å². The Hall–Kier alpha value is -3.06. The van der Waals surface area contributed by atoms with Crippen LogP contribution < -0.4 is 22.1 Å². The van der Waals surface area contributed by atoms with Crippen molar-refractivity contribution in [3.8, 4) is 0 Å². The van der Waals surface area contributed by atoms with Crippen LogP contribution >= 0.6 is 21.6 Å². The molecule has 0 aromatic heterocycles. The molecule has 2 aromatic carbocycles. The van der Waals surface area contributed by atoms with Crippen molar-refractivity contribution in [3.63, 3.8) is 0 Å². The molecule has 0 saturated heterocycles. The number of hydrogen-bond donors (Lipinski definition) is 6. The first-order chi connectivity index (χ1) is 16.1. The van der Waals surface area contributed by atoms with Crippen LogP contribution in [0.15, 0.2) is 60.7 Å². The molecule has 182 valence electrons. The SMILES string of the molecule is N[C@@](CSSC[C@](N)(C(=O)O)C(=O)NCc1ccccc1)(C(=O)O)C(=O)NCc1ccccc1. The van der Waals surface area contributed by atoms with Crippen LogP contribution in [0.2, 0.25) is 0 Å². The summed E-state index contributed by atoms with van der Waals surface area (Å²) in [5, 5.41) is 24.0. The molecule has 0 radical (unpaired) electrons. The van der Waals surface area contributed by atoms with Gasteiger partial charge in [0.25, 0.3) is 11.8 Å². The predicted octanol–water partition coefficient (Wildman–Crippen LogP) is 0.565. The molecule has 0 saturated carbocycles. The third kappa shape index (κ3) is 7.22. The van der Waals surface area contributed by atoms with Crippen molar-refractivity contribution in [3.05, 3.63) is 71.8 Å². The minimum atomic E-state index is -2.26. The highest BCUT2D eigenvalue weighted by atomic mass is 33.1. The van der Waals surface area contributed by atoms with E-state index in [1.54, 1.807) is 60.7 Å². The summed E-state index contributed by atoms with van der Waals surface area (Å²) in [5.41, 5.74) is 8.72. The van der Waals surface area contributed by atoms with Gasteiger partial charge in [-0.3, -0.25) is 9.59 Å². The second kappa shape index (κ2) is 12.4. The zero-order valence-electron chi connectivity index (χ0n) is 18.1. The highest BCUT2D eigenvalue weighted by Crippen LogP contribution is 2.28. The van der Waals surface area contributed by atoms with E-state index in [4.69, 9.17) is 11.5 Å². The monoisotopic (exact) mass is 506 g/mol. The molecule has 34 heavy (non-hydrogen) atoms. The molecule has 0 unspecified atom stereocenters. The van der Waals surface area contributed by atoms with Crippen molar-refractivity contribution < 1.29 is 29.4 Å². The van der Waals surface area contributed by atoms with Crippen LogP contribution in [0.3, 0.4) is 0 Å². The number of hydrogen-bond acceptors (Lipinski definition) is 8. The van der Waals surface area contributed by atoms with Gasteiger partial charge >= 0.3 is 11.9 Å². The molecule has 8 N–H and O–H groups in total. The third-order valence-corrected chi connectivity index (χ3v) is 7.34. The molecule has 0 aliphatic carbocycles. The van der Waals surface area contributed by atoms with E-state index in [1.807, 2.05) is 0 Å². The maximum Gasteiger partial charge on any atom is 0.334 e. The van der Waals surface area contributed by atoms with Gasteiger partial charge in [-0.25, -0.2) is 9.59 Å². The fraction of sp³-hybridized carbons (Fsp3) is 0.273. The number of rotatable bonds is 13. The lowest BCUT2D eigenvalue weighted by atomic mass is 10.0. The van der Waals surface area contributed by atoms with Gasteiger partial charge in [0, 0.05) is 24.6 Å². The second-order valence-electron chi connectivity index (χ2n) is 7.41. The Morgan fingerprint density at radius 3 is 1.29 bits per heavy atom. The van der Waals surface area contributed by atoms with E-state index in [9.17, 15) is 29.4 Å². The molecular weight excluding hydrogens is 480 g/mol. The van der Waals surface area contributed by atoms with Crippen molar-refractivity contribution >= 4 is 45.3 Å². The summed E-state index contributed by atoms with van der Waals surface area (Å²) >= 11 is 0. The fourth-order valence-electron chi connectivity index (χ4n) is 2.59. The van der Waals surface area contributed by atoms with Gasteiger partial charge in [-0.2, -0.15) is 0 Å². The normalized spacial score (nSPS) is 14.3. The van der Waals surface area contributed by atoms with Crippen LogP contribution in [0.1, 0.15) is 11.1 Å². The molecule has 0 fully saturated rings. The van der Waals surface area contributed by atoms with E-state index < -0.39 is 34.8 Å². The maximum atomic E-state index is 12.5. The molecule has 0 aliphatic heterocycles. The number of benzene rings is 2. The zero-order valence-corrected chi connectivity index (χ0v) is 19.7. The largest absolute Gasteiger partial charge is 0.479 e. The number of aliphatic carboxylic acids is 2. The number of carbonyl (C=O) groups excluding carboxylic acids is 2. The molecular formula is C22H26N4O6S2. The van der Waals surface area contributed by atoms with E-state index in [1.165, 1.54) is 0 Å². The molecule has 0 spiro atoms. The Balaban J connectivity index is 1.92. The minimum absolute atomic E-state index is 0.0935. The summed E-state index contributed by atoms with van der Waals surface area (Å²) in [7, 11) is 1.68. The van der Waals surface area contributed by atoms with E-state index in [0.29, 0.717) is 0 Å². The van der Waals surface area contributed by atoms with E-state index >= 15 is 0 Å². The van der Waals surface area contributed by atoms with Crippen LogP contribution in [0.4, 0.5) is 0 Å². The quantitative estimate of drug-likeness (QED) is 0.127. The van der Waals surface area contributed by atoms with Crippen molar-refractivity contribution in [2.45, 2.75) is 24.2 Å². The number of carboxylic acid groups (broad SMARTS) is 2. The number of carbonyl (C=O) groups is 4. The van der Waals surface area contributed by atoms with E-state index in [0.717, 1.165) is 32.7 Å². The zero-order chi connectivity index (χ0) is 25.2. The summed E-state index contributed by atoms with van der Waals surface area (Å²) < 4.78 is 0. The molecule has 2 amide bonds.